The molecule has 0 saturated heterocycles. The van der Waals surface area contributed by atoms with Crippen molar-refractivity contribution in [1.82, 2.24) is 4.90 Å². The molecule has 5 nitrogen and oxygen atoms in total. The molecule has 142 valence electrons. The first kappa shape index (κ1) is 19.2. The molecule has 3 rings (SSSR count). The Morgan fingerprint density at radius 3 is 2.69 bits per heavy atom. The highest BCUT2D eigenvalue weighted by molar-refractivity contribution is 8.13. The Balaban J connectivity index is 2.15. The third kappa shape index (κ3) is 3.34. The fourth-order valence-electron chi connectivity index (χ4n) is 3.96. The van der Waals surface area contributed by atoms with Gasteiger partial charge in [0.2, 0.25) is 0 Å². The van der Waals surface area contributed by atoms with Gasteiger partial charge in [-0.15, -0.1) is 0 Å². The number of amidine groups is 1. The van der Waals surface area contributed by atoms with Crippen molar-refractivity contribution in [3.05, 3.63) is 35.6 Å². The molecule has 7 heteroatoms. The molecule has 1 aromatic rings. The molecule has 1 aliphatic carbocycles. The van der Waals surface area contributed by atoms with Crippen molar-refractivity contribution in [3.8, 4) is 0 Å². The fraction of sp³-hybridized carbons (Fsp3) is 0.579. The third-order valence-corrected chi connectivity index (χ3v) is 6.29. The molecule has 0 bridgehead atoms. The molecule has 0 aromatic heterocycles. The summed E-state index contributed by atoms with van der Waals surface area (Å²) in [4.78, 5) is 18.0. The molecule has 26 heavy (non-hydrogen) atoms. The summed E-state index contributed by atoms with van der Waals surface area (Å²) in [5, 5.41) is 20.2. The Morgan fingerprint density at radius 1 is 1.38 bits per heavy atom. The first-order chi connectivity index (χ1) is 12.1. The summed E-state index contributed by atoms with van der Waals surface area (Å²) in [5.74, 6) is 0.235. The highest BCUT2D eigenvalue weighted by atomic mass is 32.2. The Morgan fingerprint density at radius 2 is 2.08 bits per heavy atom. The van der Waals surface area contributed by atoms with Gasteiger partial charge in [-0.2, -0.15) is 0 Å². The van der Waals surface area contributed by atoms with Crippen LogP contribution in [0.3, 0.4) is 0 Å². The van der Waals surface area contributed by atoms with E-state index in [1.165, 1.54) is 22.7 Å². The molecule has 0 unspecified atom stereocenters. The molecule has 2 N–H and O–H groups in total. The molecule has 1 aromatic carbocycles. The Hall–Kier alpha value is -1.60. The zero-order chi connectivity index (χ0) is 19.1. The molecule has 0 spiro atoms. The van der Waals surface area contributed by atoms with Gasteiger partial charge in [0.1, 0.15) is 5.82 Å². The lowest BCUT2D eigenvalue weighted by atomic mass is 9.69. The van der Waals surface area contributed by atoms with Crippen LogP contribution in [0.25, 0.3) is 0 Å². The van der Waals surface area contributed by atoms with Gasteiger partial charge in [0.05, 0.1) is 11.6 Å². The maximum absolute atomic E-state index is 14.7. The van der Waals surface area contributed by atoms with Crippen LogP contribution in [0.1, 0.15) is 45.6 Å². The van der Waals surface area contributed by atoms with Crippen molar-refractivity contribution in [1.29, 1.82) is 0 Å². The van der Waals surface area contributed by atoms with Crippen LogP contribution in [0.5, 0.6) is 0 Å². The molecular formula is C19H25FN2O3S. The normalized spacial score (nSPS) is 28.9. The minimum absolute atomic E-state index is 0.0347. The van der Waals surface area contributed by atoms with E-state index < -0.39 is 23.3 Å². The number of carboxylic acid groups (broad SMARTS) is 1. The van der Waals surface area contributed by atoms with Crippen LogP contribution in [-0.4, -0.2) is 43.8 Å². The standard InChI is InChI=1S/C19H25FN2O3S/c1-18(2,3)22(17(24)25)16-21-19(14-6-4-5-7-15(14)20)9-8-13(23)10-12(19)11-26-16/h4-7,12-13,23H,8-11H2,1-3H3,(H,24,25)/t12-,13-,19-/m0/s1. The van der Waals surface area contributed by atoms with Crippen LogP contribution in [0.4, 0.5) is 9.18 Å². The monoisotopic (exact) mass is 380 g/mol. The number of benzene rings is 1. The van der Waals surface area contributed by atoms with Crippen molar-refractivity contribution in [2.45, 2.75) is 57.2 Å². The topological polar surface area (TPSA) is 73.1 Å². The van der Waals surface area contributed by atoms with Gasteiger partial charge in [0.15, 0.2) is 5.17 Å². The minimum atomic E-state index is -1.07. The molecule has 1 aliphatic heterocycles. The van der Waals surface area contributed by atoms with Gasteiger partial charge in [-0.05, 0) is 46.1 Å². The van der Waals surface area contributed by atoms with Crippen LogP contribution >= 0.6 is 11.8 Å². The van der Waals surface area contributed by atoms with Crippen molar-refractivity contribution in [2.75, 3.05) is 5.75 Å². The molecular weight excluding hydrogens is 355 g/mol. The van der Waals surface area contributed by atoms with Crippen LogP contribution in [0.2, 0.25) is 0 Å². The largest absolute Gasteiger partial charge is 0.465 e. The van der Waals surface area contributed by atoms with E-state index in [0.29, 0.717) is 35.7 Å². The van der Waals surface area contributed by atoms with Gasteiger partial charge in [-0.25, -0.2) is 9.18 Å². The number of aliphatic hydroxyl groups is 1. The van der Waals surface area contributed by atoms with Crippen molar-refractivity contribution in [3.63, 3.8) is 0 Å². The van der Waals surface area contributed by atoms with E-state index in [9.17, 15) is 19.4 Å². The van der Waals surface area contributed by atoms with E-state index in [0.717, 1.165) is 0 Å². The number of thioether (sulfide) groups is 1. The number of amides is 1. The van der Waals surface area contributed by atoms with Gasteiger partial charge < -0.3 is 10.2 Å². The number of aliphatic imine (C=N–C) groups is 1. The van der Waals surface area contributed by atoms with Crippen molar-refractivity contribution >= 4 is 23.0 Å². The van der Waals surface area contributed by atoms with Crippen molar-refractivity contribution in [2.24, 2.45) is 10.9 Å². The van der Waals surface area contributed by atoms with Gasteiger partial charge in [-0.3, -0.25) is 9.89 Å². The lowest BCUT2D eigenvalue weighted by molar-refractivity contribution is 0.0588. The predicted octanol–water partition coefficient (Wildman–Crippen LogP) is 4.06. The van der Waals surface area contributed by atoms with E-state index in [2.05, 4.69) is 0 Å². The zero-order valence-corrected chi connectivity index (χ0v) is 16.1. The van der Waals surface area contributed by atoms with Crippen LogP contribution in [0, 0.1) is 11.7 Å². The Bertz CT molecular complexity index is 734. The Labute approximate surface area is 157 Å². The molecule has 0 radical (unpaired) electrons. The van der Waals surface area contributed by atoms with Gasteiger partial charge >= 0.3 is 6.09 Å². The number of hydrogen-bond donors (Lipinski definition) is 2. The van der Waals surface area contributed by atoms with Gasteiger partial charge in [0, 0.05) is 22.8 Å². The summed E-state index contributed by atoms with van der Waals surface area (Å²) in [6.07, 6.45) is 0.0777. The Kier molecular flexibility index (Phi) is 5.05. The maximum Gasteiger partial charge on any atom is 0.413 e. The highest BCUT2D eigenvalue weighted by Crippen LogP contribution is 2.50. The first-order valence-electron chi connectivity index (χ1n) is 8.84. The fourth-order valence-corrected chi connectivity index (χ4v) is 5.43. The van der Waals surface area contributed by atoms with Gasteiger partial charge in [-0.1, -0.05) is 30.0 Å². The molecule has 1 amide bonds. The summed E-state index contributed by atoms with van der Waals surface area (Å²) in [6.45, 7) is 5.45. The average molecular weight is 380 g/mol. The predicted molar refractivity (Wildman–Crippen MR) is 101 cm³/mol. The SMILES string of the molecule is CC(C)(C)N(C(=O)O)C1=N[C@@]2(c3ccccc3F)CC[C@H](O)C[C@H]2CS1. The summed E-state index contributed by atoms with van der Waals surface area (Å²) >= 11 is 1.37. The second-order valence-electron chi connectivity index (χ2n) is 8.02. The van der Waals surface area contributed by atoms with E-state index in [1.54, 1.807) is 18.2 Å². The molecule has 3 atom stereocenters. The number of fused-ring (bicyclic) bond motifs is 1. The number of rotatable bonds is 1. The number of carbonyl (C=O) groups is 1. The number of halogens is 1. The number of hydrogen-bond acceptors (Lipinski definition) is 4. The molecule has 1 fully saturated rings. The van der Waals surface area contributed by atoms with E-state index in [1.807, 2.05) is 20.8 Å². The smallest absolute Gasteiger partial charge is 0.413 e. The zero-order valence-electron chi connectivity index (χ0n) is 15.3. The number of aliphatic hydroxyl groups excluding tert-OH is 1. The minimum Gasteiger partial charge on any atom is -0.465 e. The third-order valence-electron chi connectivity index (χ3n) is 5.19. The van der Waals surface area contributed by atoms with E-state index in [-0.39, 0.29) is 11.7 Å². The van der Waals surface area contributed by atoms with Crippen LogP contribution in [0.15, 0.2) is 29.3 Å². The summed E-state index contributed by atoms with van der Waals surface area (Å²) in [7, 11) is 0. The lowest BCUT2D eigenvalue weighted by Gasteiger charge is -2.47. The van der Waals surface area contributed by atoms with Crippen molar-refractivity contribution < 1.29 is 19.4 Å². The second kappa shape index (κ2) is 6.85. The summed E-state index contributed by atoms with van der Waals surface area (Å²) < 4.78 is 14.7. The summed E-state index contributed by atoms with van der Waals surface area (Å²) in [5.41, 5.74) is -0.992. The molecule has 1 heterocycles. The lowest BCUT2D eigenvalue weighted by Crippen LogP contribution is -2.52. The summed E-state index contributed by atoms with van der Waals surface area (Å²) in [6, 6.07) is 6.58. The van der Waals surface area contributed by atoms with E-state index >= 15 is 0 Å². The average Bonchev–Trinajstić information content (AvgIpc) is 2.54. The van der Waals surface area contributed by atoms with Gasteiger partial charge in [0.25, 0.3) is 0 Å². The van der Waals surface area contributed by atoms with Crippen LogP contribution in [-0.2, 0) is 5.54 Å². The van der Waals surface area contributed by atoms with E-state index in [4.69, 9.17) is 4.99 Å². The second-order valence-corrected chi connectivity index (χ2v) is 9.01. The molecule has 2 aliphatic rings. The molecule has 1 saturated carbocycles. The van der Waals surface area contributed by atoms with Crippen LogP contribution < -0.4 is 0 Å². The quantitative estimate of drug-likeness (QED) is 0.770. The maximum atomic E-state index is 14.7. The first-order valence-corrected chi connectivity index (χ1v) is 9.82. The highest BCUT2D eigenvalue weighted by Gasteiger charge is 2.50. The number of nitrogens with zero attached hydrogens (tertiary/aromatic N) is 2.